The molecule has 0 saturated carbocycles. The Morgan fingerprint density at radius 3 is 2.89 bits per heavy atom. The molecule has 0 aliphatic heterocycles. The Bertz CT molecular complexity index is 515. The molecule has 0 aliphatic rings. The summed E-state index contributed by atoms with van der Waals surface area (Å²) in [6, 6.07) is 2.17. The summed E-state index contributed by atoms with van der Waals surface area (Å²) in [7, 11) is 0. The quantitative estimate of drug-likeness (QED) is 0.891. The molecule has 0 aliphatic carbocycles. The Morgan fingerprint density at radius 2 is 2.17 bits per heavy atom. The van der Waals surface area contributed by atoms with Gasteiger partial charge >= 0.3 is 0 Å². The minimum absolute atomic E-state index is 0.133. The van der Waals surface area contributed by atoms with E-state index in [0.29, 0.717) is 0 Å². The van der Waals surface area contributed by atoms with Crippen molar-refractivity contribution in [1.82, 2.24) is 9.97 Å². The van der Waals surface area contributed by atoms with Gasteiger partial charge in [-0.25, -0.2) is 9.97 Å². The Morgan fingerprint density at radius 1 is 1.39 bits per heavy atom. The first-order valence-corrected chi connectivity index (χ1v) is 7.01. The second-order valence-corrected chi connectivity index (χ2v) is 6.66. The minimum Gasteiger partial charge on any atom is -0.368 e. The van der Waals surface area contributed by atoms with Gasteiger partial charge in [0.2, 0.25) is 0 Å². The number of aromatic nitrogens is 2. The predicted molar refractivity (Wildman–Crippen MR) is 78.0 cm³/mol. The van der Waals surface area contributed by atoms with Crippen molar-refractivity contribution in [2.75, 3.05) is 11.9 Å². The number of thiophene rings is 1. The van der Waals surface area contributed by atoms with Crippen LogP contribution in [0, 0.1) is 5.41 Å². The van der Waals surface area contributed by atoms with E-state index in [1.165, 1.54) is 0 Å². The fourth-order valence-corrected chi connectivity index (χ4v) is 2.75. The molecule has 0 spiro atoms. The molecule has 0 radical (unpaired) electrons. The Hall–Kier alpha value is -1.20. The van der Waals surface area contributed by atoms with Crippen LogP contribution in [-0.2, 0) is 0 Å². The summed E-state index contributed by atoms with van der Waals surface area (Å²) >= 11 is 1.62. The summed E-state index contributed by atoms with van der Waals surface area (Å²) in [6.07, 6.45) is 2.58. The van der Waals surface area contributed by atoms with Crippen LogP contribution in [0.3, 0.4) is 0 Å². The highest BCUT2D eigenvalue weighted by molar-refractivity contribution is 7.16. The van der Waals surface area contributed by atoms with E-state index in [1.54, 1.807) is 17.7 Å². The minimum atomic E-state index is 0.133. The van der Waals surface area contributed by atoms with Crippen LogP contribution in [0.1, 0.15) is 27.2 Å². The molecule has 0 saturated heterocycles. The molecule has 2 heterocycles. The zero-order valence-corrected chi connectivity index (χ0v) is 11.9. The molecule has 98 valence electrons. The van der Waals surface area contributed by atoms with E-state index in [9.17, 15) is 0 Å². The highest BCUT2D eigenvalue weighted by Gasteiger charge is 2.15. The molecule has 0 aromatic carbocycles. The number of nitrogens with two attached hydrogens (primary N) is 1. The number of rotatable bonds is 4. The molecule has 0 fully saturated rings. The van der Waals surface area contributed by atoms with Gasteiger partial charge in [-0.2, -0.15) is 0 Å². The number of hydrogen-bond donors (Lipinski definition) is 2. The molecule has 0 bridgehead atoms. The summed E-state index contributed by atoms with van der Waals surface area (Å²) in [6.45, 7) is 7.34. The monoisotopic (exact) mass is 264 g/mol. The number of fused-ring (bicyclic) bond motifs is 1. The average molecular weight is 264 g/mol. The van der Waals surface area contributed by atoms with E-state index < -0.39 is 0 Å². The first-order chi connectivity index (χ1) is 8.46. The Balaban J connectivity index is 2.00. The second kappa shape index (κ2) is 5.20. The van der Waals surface area contributed by atoms with Gasteiger partial charge in [0.05, 0.1) is 5.39 Å². The maximum atomic E-state index is 6.12. The molecule has 2 aromatic heterocycles. The number of hydrogen-bond acceptors (Lipinski definition) is 5. The summed E-state index contributed by atoms with van der Waals surface area (Å²) in [5.41, 5.74) is 6.38. The van der Waals surface area contributed by atoms with Gasteiger partial charge in [-0.05, 0) is 23.3 Å². The van der Waals surface area contributed by atoms with Crippen LogP contribution in [-0.4, -0.2) is 22.6 Å². The summed E-state index contributed by atoms with van der Waals surface area (Å²) < 4.78 is 0. The van der Waals surface area contributed by atoms with Crippen LogP contribution in [0.4, 0.5) is 5.82 Å². The van der Waals surface area contributed by atoms with Crippen LogP contribution in [0.2, 0.25) is 0 Å². The van der Waals surface area contributed by atoms with Crippen molar-refractivity contribution in [3.8, 4) is 0 Å². The average Bonchev–Trinajstić information content (AvgIpc) is 2.72. The van der Waals surface area contributed by atoms with Gasteiger partial charge in [0, 0.05) is 12.6 Å². The highest BCUT2D eigenvalue weighted by Crippen LogP contribution is 2.24. The van der Waals surface area contributed by atoms with Gasteiger partial charge in [0.25, 0.3) is 0 Å². The van der Waals surface area contributed by atoms with Crippen molar-refractivity contribution >= 4 is 27.4 Å². The van der Waals surface area contributed by atoms with Crippen molar-refractivity contribution in [2.45, 2.75) is 33.2 Å². The van der Waals surface area contributed by atoms with E-state index >= 15 is 0 Å². The third kappa shape index (κ3) is 3.40. The standard InChI is InChI=1S/C13H20N4S/c1-13(2,3)6-9(14)7-15-11-10-4-5-18-12(10)17-8-16-11/h4-5,8-9H,6-7,14H2,1-3H3,(H,15,16,17). The smallest absolute Gasteiger partial charge is 0.138 e. The zero-order valence-electron chi connectivity index (χ0n) is 11.1. The predicted octanol–water partition coefficient (Wildman–Crippen LogP) is 2.87. The van der Waals surface area contributed by atoms with Gasteiger partial charge in [-0.3, -0.25) is 0 Å². The van der Waals surface area contributed by atoms with Crippen LogP contribution in [0.25, 0.3) is 10.2 Å². The third-order valence-corrected chi connectivity index (χ3v) is 3.49. The van der Waals surface area contributed by atoms with Crippen LogP contribution >= 0.6 is 11.3 Å². The molecule has 3 N–H and O–H groups in total. The topological polar surface area (TPSA) is 63.8 Å². The van der Waals surface area contributed by atoms with Gasteiger partial charge in [-0.15, -0.1) is 11.3 Å². The van der Waals surface area contributed by atoms with E-state index in [4.69, 9.17) is 5.73 Å². The molecular formula is C13H20N4S. The highest BCUT2D eigenvalue weighted by atomic mass is 32.1. The van der Waals surface area contributed by atoms with E-state index in [1.807, 2.05) is 11.4 Å². The SMILES string of the molecule is CC(C)(C)CC(N)CNc1ncnc2sccc12. The normalized spacial score (nSPS) is 13.8. The molecular weight excluding hydrogens is 244 g/mol. The van der Waals surface area contributed by atoms with E-state index in [0.717, 1.165) is 29.0 Å². The molecule has 18 heavy (non-hydrogen) atoms. The lowest BCUT2D eigenvalue weighted by atomic mass is 9.88. The molecule has 5 heteroatoms. The first-order valence-electron chi connectivity index (χ1n) is 6.13. The molecule has 2 rings (SSSR count). The number of anilines is 1. The third-order valence-electron chi connectivity index (χ3n) is 2.67. The Kier molecular flexibility index (Phi) is 3.82. The van der Waals surface area contributed by atoms with Crippen LogP contribution in [0.15, 0.2) is 17.8 Å². The summed E-state index contributed by atoms with van der Waals surface area (Å²) in [5, 5.41) is 6.43. The van der Waals surface area contributed by atoms with Crippen LogP contribution in [0.5, 0.6) is 0 Å². The fraction of sp³-hybridized carbons (Fsp3) is 0.538. The van der Waals surface area contributed by atoms with Crippen molar-refractivity contribution < 1.29 is 0 Å². The first kappa shape index (κ1) is 13.2. The van der Waals surface area contributed by atoms with Crippen molar-refractivity contribution in [3.05, 3.63) is 17.8 Å². The summed E-state index contributed by atoms with van der Waals surface area (Å²) in [5.74, 6) is 0.880. The lowest BCUT2D eigenvalue weighted by Crippen LogP contribution is -2.33. The zero-order chi connectivity index (χ0) is 13.2. The second-order valence-electron chi connectivity index (χ2n) is 5.77. The van der Waals surface area contributed by atoms with Crippen molar-refractivity contribution in [2.24, 2.45) is 11.1 Å². The number of nitrogens with one attached hydrogen (secondary N) is 1. The lowest BCUT2D eigenvalue weighted by Gasteiger charge is -2.23. The van der Waals surface area contributed by atoms with Crippen LogP contribution < -0.4 is 11.1 Å². The maximum Gasteiger partial charge on any atom is 0.138 e. The number of nitrogens with zero attached hydrogens (tertiary/aromatic N) is 2. The largest absolute Gasteiger partial charge is 0.368 e. The lowest BCUT2D eigenvalue weighted by molar-refractivity contribution is 0.344. The van der Waals surface area contributed by atoms with E-state index in [-0.39, 0.29) is 11.5 Å². The van der Waals surface area contributed by atoms with Gasteiger partial charge < -0.3 is 11.1 Å². The summed E-state index contributed by atoms with van der Waals surface area (Å²) in [4.78, 5) is 9.51. The van der Waals surface area contributed by atoms with Gasteiger partial charge in [-0.1, -0.05) is 20.8 Å². The maximum absolute atomic E-state index is 6.12. The molecule has 0 amide bonds. The molecule has 1 atom stereocenters. The van der Waals surface area contributed by atoms with Gasteiger partial charge in [0.1, 0.15) is 17.0 Å². The Labute approximate surface area is 112 Å². The fourth-order valence-electron chi connectivity index (χ4n) is 2.02. The van der Waals surface area contributed by atoms with Crippen molar-refractivity contribution in [1.29, 1.82) is 0 Å². The molecule has 2 aromatic rings. The van der Waals surface area contributed by atoms with Gasteiger partial charge in [0.15, 0.2) is 0 Å². The molecule has 4 nitrogen and oxygen atoms in total. The van der Waals surface area contributed by atoms with E-state index in [2.05, 4.69) is 36.1 Å². The van der Waals surface area contributed by atoms with Crippen molar-refractivity contribution in [3.63, 3.8) is 0 Å². The molecule has 1 unspecified atom stereocenters.